The van der Waals surface area contributed by atoms with Crippen LogP contribution < -0.4 is 0 Å². The van der Waals surface area contributed by atoms with Gasteiger partial charge in [0.15, 0.2) is 0 Å². The maximum absolute atomic E-state index is 12.7. The van der Waals surface area contributed by atoms with Gasteiger partial charge >= 0.3 is 11.9 Å². The van der Waals surface area contributed by atoms with Crippen molar-refractivity contribution in [3.63, 3.8) is 0 Å². The van der Waals surface area contributed by atoms with Crippen LogP contribution in [0.15, 0.2) is 23.8 Å². The lowest BCUT2D eigenvalue weighted by molar-refractivity contribution is -0.159. The van der Waals surface area contributed by atoms with E-state index in [0.29, 0.717) is 31.1 Å². The minimum Gasteiger partial charge on any atom is -0.481 e. The molecule has 1 aliphatic carbocycles. The van der Waals surface area contributed by atoms with Crippen molar-refractivity contribution in [2.24, 2.45) is 35.5 Å². The first-order valence-corrected chi connectivity index (χ1v) is 13.1. The first kappa shape index (κ1) is 29.1. The third-order valence-corrected chi connectivity index (χ3v) is 7.80. The topological polar surface area (TPSA) is 128 Å². The molecule has 1 heterocycles. The number of nitriles is 1. The van der Waals surface area contributed by atoms with E-state index in [1.54, 1.807) is 18.2 Å². The molecule has 9 atom stereocenters. The molecule has 35 heavy (non-hydrogen) atoms. The Hall–Kier alpha value is -2.17. The number of carboxylic acid groups (broad SMARTS) is 1. The summed E-state index contributed by atoms with van der Waals surface area (Å²) in [7, 11) is 0. The van der Waals surface area contributed by atoms with Gasteiger partial charge < -0.3 is 20.1 Å². The molecule has 7 heteroatoms. The Morgan fingerprint density at radius 3 is 2.34 bits per heavy atom. The predicted molar refractivity (Wildman–Crippen MR) is 133 cm³/mol. The average Bonchev–Trinajstić information content (AvgIpc) is 3.27. The van der Waals surface area contributed by atoms with E-state index in [9.17, 15) is 30.2 Å². The molecule has 0 aromatic rings. The van der Waals surface area contributed by atoms with E-state index in [-0.39, 0.29) is 29.7 Å². The summed E-state index contributed by atoms with van der Waals surface area (Å²) in [6, 6.07) is 2.10. The van der Waals surface area contributed by atoms with Crippen molar-refractivity contribution in [1.29, 1.82) is 5.26 Å². The third kappa shape index (κ3) is 8.77. The Morgan fingerprint density at radius 1 is 1.06 bits per heavy atom. The van der Waals surface area contributed by atoms with Crippen LogP contribution in [0.2, 0.25) is 0 Å². The average molecular weight is 490 g/mol. The predicted octanol–water partition coefficient (Wildman–Crippen LogP) is 4.64. The maximum atomic E-state index is 12.7. The van der Waals surface area contributed by atoms with E-state index < -0.39 is 36.2 Å². The number of aliphatic carboxylic acids is 1. The number of ether oxygens (including phenoxy) is 1. The summed E-state index contributed by atoms with van der Waals surface area (Å²) in [6.45, 7) is 8.16. The second-order valence-electron chi connectivity index (χ2n) is 11.1. The number of cyclic esters (lactones) is 1. The number of esters is 1. The third-order valence-electron chi connectivity index (χ3n) is 7.80. The van der Waals surface area contributed by atoms with Crippen LogP contribution >= 0.6 is 0 Å². The molecular formula is C28H43NO6. The number of hydrogen-bond acceptors (Lipinski definition) is 6. The fourth-order valence-corrected chi connectivity index (χ4v) is 5.97. The van der Waals surface area contributed by atoms with Gasteiger partial charge in [-0.05, 0) is 61.9 Å². The summed E-state index contributed by atoms with van der Waals surface area (Å²) in [5.41, 5.74) is 0.282. The van der Waals surface area contributed by atoms with Gasteiger partial charge in [0.2, 0.25) is 0 Å². The fourth-order valence-electron chi connectivity index (χ4n) is 5.97. The number of aliphatic hydroxyl groups is 2. The van der Waals surface area contributed by atoms with E-state index in [0.717, 1.165) is 25.7 Å². The van der Waals surface area contributed by atoms with Crippen LogP contribution in [0.5, 0.6) is 0 Å². The lowest BCUT2D eigenvalue weighted by Gasteiger charge is -2.28. The smallest absolute Gasteiger partial charge is 0.308 e. The quantitative estimate of drug-likeness (QED) is 0.482. The zero-order chi connectivity index (χ0) is 26.1. The number of aliphatic hydroxyl groups excluding tert-OH is 2. The Bertz CT molecular complexity index is 815. The molecular weight excluding hydrogens is 446 g/mol. The molecule has 0 unspecified atom stereocenters. The molecule has 0 spiro atoms. The van der Waals surface area contributed by atoms with Crippen molar-refractivity contribution in [2.75, 3.05) is 0 Å². The fraction of sp³-hybridized carbons (Fsp3) is 0.750. The van der Waals surface area contributed by atoms with Crippen LogP contribution in [0.25, 0.3) is 0 Å². The first-order chi connectivity index (χ1) is 16.5. The molecule has 2 rings (SSSR count). The molecule has 3 N–H and O–H groups in total. The zero-order valence-corrected chi connectivity index (χ0v) is 21.6. The number of carbonyl (C=O) groups excluding carboxylic acids is 1. The molecule has 1 aliphatic heterocycles. The zero-order valence-electron chi connectivity index (χ0n) is 21.6. The van der Waals surface area contributed by atoms with Gasteiger partial charge in [-0.15, -0.1) is 0 Å². The number of carbonyl (C=O) groups is 2. The standard InChI is InChI=1S/C28H43NO6/c1-17-12-18(2)14-20(4)27(32)21(16-29)8-5-6-11-25(22-9-7-10-23(22)28(33)34)35-26(31)15-24(30)19(3)13-17/h5-6,8,17-20,22-25,27,30,32H,7,9-15H2,1-4H3,(H,33,34)/b6-5+,21-8-/t17-,18+,19-,20-,22+,23+,24-,25+,27-/m0/s1. The van der Waals surface area contributed by atoms with Crippen molar-refractivity contribution in [2.45, 2.75) is 97.4 Å². The summed E-state index contributed by atoms with van der Waals surface area (Å²) in [6.07, 6.45) is 7.33. The second-order valence-corrected chi connectivity index (χ2v) is 11.1. The summed E-state index contributed by atoms with van der Waals surface area (Å²) in [5, 5.41) is 40.6. The van der Waals surface area contributed by atoms with Gasteiger partial charge in [-0.25, -0.2) is 0 Å². The Morgan fingerprint density at radius 2 is 1.71 bits per heavy atom. The summed E-state index contributed by atoms with van der Waals surface area (Å²) < 4.78 is 5.77. The van der Waals surface area contributed by atoms with Gasteiger partial charge in [0.1, 0.15) is 6.10 Å². The Labute approximate surface area is 209 Å². The van der Waals surface area contributed by atoms with Crippen LogP contribution in [0.4, 0.5) is 0 Å². The molecule has 2 aliphatic rings. The van der Waals surface area contributed by atoms with Crippen LogP contribution in [-0.4, -0.2) is 45.6 Å². The van der Waals surface area contributed by atoms with Gasteiger partial charge in [0, 0.05) is 12.3 Å². The van der Waals surface area contributed by atoms with E-state index in [2.05, 4.69) is 19.9 Å². The van der Waals surface area contributed by atoms with Crippen LogP contribution in [-0.2, 0) is 14.3 Å². The molecule has 7 nitrogen and oxygen atoms in total. The molecule has 1 fully saturated rings. The van der Waals surface area contributed by atoms with Crippen molar-refractivity contribution in [1.82, 2.24) is 0 Å². The number of allylic oxidation sites excluding steroid dienone is 2. The minimum absolute atomic E-state index is 0.0816. The minimum atomic E-state index is -0.882. The van der Waals surface area contributed by atoms with Crippen molar-refractivity contribution < 1.29 is 29.6 Å². The Balaban J connectivity index is 2.30. The lowest BCUT2D eigenvalue weighted by Crippen LogP contribution is -2.34. The summed E-state index contributed by atoms with van der Waals surface area (Å²) in [5.74, 6) is -1.77. The molecule has 0 bridgehead atoms. The number of carboxylic acids is 1. The van der Waals surface area contributed by atoms with Gasteiger partial charge in [-0.1, -0.05) is 46.3 Å². The first-order valence-electron chi connectivity index (χ1n) is 13.1. The van der Waals surface area contributed by atoms with Gasteiger partial charge in [0.25, 0.3) is 0 Å². The van der Waals surface area contributed by atoms with Crippen LogP contribution in [0.1, 0.15) is 79.1 Å². The molecule has 1 saturated carbocycles. The molecule has 0 aromatic carbocycles. The van der Waals surface area contributed by atoms with Gasteiger partial charge in [-0.3, -0.25) is 9.59 Å². The molecule has 0 saturated heterocycles. The molecule has 0 amide bonds. The summed E-state index contributed by atoms with van der Waals surface area (Å²) >= 11 is 0. The van der Waals surface area contributed by atoms with E-state index >= 15 is 0 Å². The largest absolute Gasteiger partial charge is 0.481 e. The van der Waals surface area contributed by atoms with Gasteiger partial charge in [0.05, 0.1) is 36.2 Å². The normalized spacial score (nSPS) is 40.9. The highest BCUT2D eigenvalue weighted by atomic mass is 16.5. The van der Waals surface area contributed by atoms with Crippen LogP contribution in [0.3, 0.4) is 0 Å². The van der Waals surface area contributed by atoms with Crippen molar-refractivity contribution in [3.05, 3.63) is 23.8 Å². The number of hydrogen-bond donors (Lipinski definition) is 3. The number of rotatable bonds is 2. The Kier molecular flexibility index (Phi) is 11.5. The molecule has 0 aromatic heterocycles. The monoisotopic (exact) mass is 489 g/mol. The number of nitrogens with zero attached hydrogens (tertiary/aromatic N) is 1. The highest BCUT2D eigenvalue weighted by molar-refractivity contribution is 5.72. The maximum Gasteiger partial charge on any atom is 0.308 e. The van der Waals surface area contributed by atoms with E-state index in [4.69, 9.17) is 4.74 Å². The molecule has 196 valence electrons. The lowest BCUT2D eigenvalue weighted by atomic mass is 9.82. The highest BCUT2D eigenvalue weighted by Crippen LogP contribution is 2.37. The van der Waals surface area contributed by atoms with E-state index in [1.807, 2.05) is 13.8 Å². The highest BCUT2D eigenvalue weighted by Gasteiger charge is 2.39. The SMILES string of the molecule is C[C@@H]1C[C@H](C)C[C@H](C)[C@@H](O)CC(=O)O[C@@H]([C@@H]2CCC[C@H]2C(=O)O)C/C=C/C=C(/C#N)[C@@H](O)[C@@H](C)C1. The van der Waals surface area contributed by atoms with Gasteiger partial charge in [-0.2, -0.15) is 5.26 Å². The van der Waals surface area contributed by atoms with Crippen molar-refractivity contribution >= 4 is 11.9 Å². The van der Waals surface area contributed by atoms with Crippen LogP contribution in [0, 0.1) is 46.8 Å². The van der Waals surface area contributed by atoms with Crippen molar-refractivity contribution in [3.8, 4) is 6.07 Å². The van der Waals surface area contributed by atoms with E-state index in [1.165, 1.54) is 0 Å². The molecule has 0 radical (unpaired) electrons. The summed E-state index contributed by atoms with van der Waals surface area (Å²) in [4.78, 5) is 24.5. The second kappa shape index (κ2) is 13.8.